The molecule has 4 atom stereocenters. The standard InChI is InChI=1S/C27H49NO2/c1-18(2)11-19(3)12-20(4)13-21(5)14-25-9-10-26(24(8)23(25)7)22(6)15-27(28,16-29)17-30/h9-10,18-22,29-30H,11-17,28H2,1-8H3/i15D2,16D2,17D2,22D. The molecule has 1 aromatic carbocycles. The molecular weight excluding hydrogens is 370 g/mol. The van der Waals surface area contributed by atoms with E-state index in [2.05, 4.69) is 34.6 Å². The molecule has 3 nitrogen and oxygen atoms in total. The van der Waals surface area contributed by atoms with E-state index in [9.17, 15) is 10.2 Å². The zero-order valence-electron chi connectivity index (χ0n) is 27.3. The van der Waals surface area contributed by atoms with E-state index in [1.165, 1.54) is 12.8 Å². The van der Waals surface area contributed by atoms with Gasteiger partial charge in [-0.05, 0) is 97.7 Å². The molecule has 1 aromatic rings. The van der Waals surface area contributed by atoms with Gasteiger partial charge >= 0.3 is 0 Å². The summed E-state index contributed by atoms with van der Waals surface area (Å²) in [5.74, 6) is 0.0644. The number of hydrogen-bond acceptors (Lipinski definition) is 3. The summed E-state index contributed by atoms with van der Waals surface area (Å²) in [5, 5.41) is 20.1. The Balaban J connectivity index is 3.28. The summed E-state index contributed by atoms with van der Waals surface area (Å²) in [6.07, 6.45) is 1.07. The number of rotatable bonds is 13. The maximum Gasteiger partial charge on any atom is 0.0633 e. The molecule has 0 aliphatic rings. The molecule has 30 heavy (non-hydrogen) atoms. The third-order valence-corrected chi connectivity index (χ3v) is 6.09. The topological polar surface area (TPSA) is 66.5 Å². The van der Waals surface area contributed by atoms with E-state index in [-0.39, 0.29) is 5.56 Å². The van der Waals surface area contributed by atoms with Gasteiger partial charge in [-0.15, -0.1) is 0 Å². The van der Waals surface area contributed by atoms with Crippen LogP contribution in [-0.2, 0) is 6.42 Å². The second kappa shape index (κ2) is 12.2. The van der Waals surface area contributed by atoms with Gasteiger partial charge in [-0.2, -0.15) is 0 Å². The van der Waals surface area contributed by atoms with Crippen molar-refractivity contribution in [3.05, 3.63) is 34.4 Å². The molecule has 0 aliphatic carbocycles. The van der Waals surface area contributed by atoms with Crippen LogP contribution in [0.15, 0.2) is 12.1 Å². The zero-order valence-corrected chi connectivity index (χ0v) is 20.3. The fourth-order valence-corrected chi connectivity index (χ4v) is 4.78. The van der Waals surface area contributed by atoms with Gasteiger partial charge < -0.3 is 15.9 Å². The van der Waals surface area contributed by atoms with Crippen molar-refractivity contribution in [3.63, 3.8) is 0 Å². The van der Waals surface area contributed by atoms with Gasteiger partial charge in [0.05, 0.1) is 24.1 Å². The summed E-state index contributed by atoms with van der Waals surface area (Å²) < 4.78 is 56.7. The SMILES string of the molecule is [2H]C([2H])(O)C(N)(C([2H])([2H])O)C([2H])([2H])C([2H])(C)c1ccc(CC(C)CC(C)CC(C)CC(C)C)c(C)c1C. The maximum absolute atomic E-state index is 10.0. The Morgan fingerprint density at radius 3 is 1.97 bits per heavy atom. The molecule has 0 saturated heterocycles. The first kappa shape index (κ1) is 17.6. The molecule has 0 spiro atoms. The van der Waals surface area contributed by atoms with Gasteiger partial charge in [0.2, 0.25) is 0 Å². The number of aliphatic hydroxyl groups is 2. The Bertz CT molecular complexity index is 893. The Morgan fingerprint density at radius 2 is 1.43 bits per heavy atom. The summed E-state index contributed by atoms with van der Waals surface area (Å²) in [6.45, 7) is 8.79. The molecule has 0 amide bonds. The molecule has 4 unspecified atom stereocenters. The van der Waals surface area contributed by atoms with Gasteiger partial charge in [-0.1, -0.05) is 53.7 Å². The highest BCUT2D eigenvalue weighted by molar-refractivity contribution is 5.41. The maximum atomic E-state index is 10.0. The summed E-state index contributed by atoms with van der Waals surface area (Å²) in [4.78, 5) is 0. The van der Waals surface area contributed by atoms with Crippen LogP contribution in [0.4, 0.5) is 0 Å². The van der Waals surface area contributed by atoms with Crippen LogP contribution in [0.1, 0.15) is 105 Å². The fraction of sp³-hybridized carbons (Fsp3) is 0.778. The molecule has 0 fully saturated rings. The van der Waals surface area contributed by atoms with Crippen molar-refractivity contribution in [2.75, 3.05) is 13.1 Å². The first-order valence-corrected chi connectivity index (χ1v) is 11.2. The second-order valence-corrected chi connectivity index (χ2v) is 9.92. The Hall–Kier alpha value is -0.900. The van der Waals surface area contributed by atoms with Crippen LogP contribution in [-0.4, -0.2) is 28.9 Å². The smallest absolute Gasteiger partial charge is 0.0633 e. The molecule has 174 valence electrons. The number of nitrogens with two attached hydrogens (primary N) is 1. The van der Waals surface area contributed by atoms with E-state index in [0.29, 0.717) is 29.2 Å². The first-order chi connectivity index (χ1) is 16.4. The van der Waals surface area contributed by atoms with Gasteiger partial charge in [0.25, 0.3) is 0 Å². The molecule has 0 radical (unpaired) electrons. The Morgan fingerprint density at radius 1 is 0.900 bits per heavy atom. The molecule has 0 aromatic heterocycles. The Kier molecular flexibility index (Phi) is 7.18. The van der Waals surface area contributed by atoms with Crippen LogP contribution in [0.5, 0.6) is 0 Å². The van der Waals surface area contributed by atoms with Crippen molar-refractivity contribution in [2.24, 2.45) is 29.4 Å². The third-order valence-electron chi connectivity index (χ3n) is 6.09. The van der Waals surface area contributed by atoms with Gasteiger partial charge in [0.1, 0.15) is 0 Å². The van der Waals surface area contributed by atoms with E-state index in [1.807, 2.05) is 13.0 Å². The van der Waals surface area contributed by atoms with Gasteiger partial charge in [-0.3, -0.25) is 0 Å². The lowest BCUT2D eigenvalue weighted by Gasteiger charge is -2.29. The van der Waals surface area contributed by atoms with E-state index >= 15 is 0 Å². The highest BCUT2D eigenvalue weighted by Crippen LogP contribution is 2.32. The minimum Gasteiger partial charge on any atom is -0.394 e. The van der Waals surface area contributed by atoms with Crippen LogP contribution in [0.25, 0.3) is 0 Å². The van der Waals surface area contributed by atoms with E-state index < -0.39 is 30.9 Å². The highest BCUT2D eigenvalue weighted by atomic mass is 16.3. The monoisotopic (exact) mass is 426 g/mol. The average molecular weight is 427 g/mol. The van der Waals surface area contributed by atoms with Crippen molar-refractivity contribution in [3.8, 4) is 0 Å². The second-order valence-electron chi connectivity index (χ2n) is 9.92. The van der Waals surface area contributed by atoms with Crippen molar-refractivity contribution in [1.29, 1.82) is 0 Å². The van der Waals surface area contributed by atoms with Crippen LogP contribution in [0.3, 0.4) is 0 Å². The highest BCUT2D eigenvalue weighted by Gasteiger charge is 2.27. The average Bonchev–Trinajstić information content (AvgIpc) is 2.67. The van der Waals surface area contributed by atoms with Crippen LogP contribution >= 0.6 is 0 Å². The summed E-state index contributed by atoms with van der Waals surface area (Å²) >= 11 is 0. The molecule has 0 bridgehead atoms. The van der Waals surface area contributed by atoms with Crippen molar-refractivity contribution >= 4 is 0 Å². The normalized spacial score (nSPS) is 22.5. The lowest BCUT2D eigenvalue weighted by Crippen LogP contribution is -2.48. The van der Waals surface area contributed by atoms with Crippen LogP contribution in [0, 0.1) is 37.5 Å². The quantitative estimate of drug-likeness (QED) is 0.376. The fourth-order valence-electron chi connectivity index (χ4n) is 4.78. The first-order valence-electron chi connectivity index (χ1n) is 14.7. The largest absolute Gasteiger partial charge is 0.394 e. The molecule has 4 N–H and O–H groups in total. The van der Waals surface area contributed by atoms with Gasteiger partial charge in [-0.25, -0.2) is 0 Å². The van der Waals surface area contributed by atoms with Crippen molar-refractivity contribution < 1.29 is 19.8 Å². The van der Waals surface area contributed by atoms with Crippen molar-refractivity contribution in [2.45, 2.75) is 98.9 Å². The molecule has 0 aliphatic heterocycles. The minimum atomic E-state index is -3.67. The molecule has 3 heteroatoms. The summed E-state index contributed by atoms with van der Waals surface area (Å²) in [7, 11) is 0. The van der Waals surface area contributed by atoms with Gasteiger partial charge in [0.15, 0.2) is 0 Å². The van der Waals surface area contributed by atoms with Gasteiger partial charge in [0, 0.05) is 4.11 Å². The van der Waals surface area contributed by atoms with E-state index in [4.69, 9.17) is 15.3 Å². The molecular formula is C27H49NO2. The van der Waals surface area contributed by atoms with Crippen molar-refractivity contribution in [1.82, 2.24) is 0 Å². The third kappa shape index (κ3) is 8.32. The summed E-state index contributed by atoms with van der Waals surface area (Å²) in [5.41, 5.74) is 5.09. The lowest BCUT2D eigenvalue weighted by molar-refractivity contribution is 0.110. The lowest BCUT2D eigenvalue weighted by atomic mass is 9.81. The molecule has 0 heterocycles. The number of benzene rings is 1. The predicted octanol–water partition coefficient (Wildman–Crippen LogP) is 5.76. The zero-order chi connectivity index (χ0) is 29.4. The van der Waals surface area contributed by atoms with Crippen LogP contribution < -0.4 is 5.73 Å². The molecule has 1 rings (SSSR count). The Labute approximate surface area is 196 Å². The van der Waals surface area contributed by atoms with E-state index in [1.54, 1.807) is 13.0 Å². The van der Waals surface area contributed by atoms with E-state index in [0.717, 1.165) is 30.9 Å². The molecule has 0 saturated carbocycles. The predicted molar refractivity (Wildman–Crippen MR) is 130 cm³/mol. The van der Waals surface area contributed by atoms with Crippen LogP contribution in [0.2, 0.25) is 0 Å². The number of hydrogen-bond donors (Lipinski definition) is 3. The minimum absolute atomic E-state index is 0.186. The summed E-state index contributed by atoms with van der Waals surface area (Å²) in [6, 6.07) is 3.44.